The van der Waals surface area contributed by atoms with E-state index >= 15 is 0 Å². The highest BCUT2D eigenvalue weighted by Gasteiger charge is 2.34. The second-order valence-electron chi connectivity index (χ2n) is 4.94. The number of nitrogens with zero attached hydrogens (tertiary/aromatic N) is 1. The molecule has 1 rings (SSSR count). The van der Waals surface area contributed by atoms with Crippen LogP contribution in [0, 0.1) is 0 Å². The van der Waals surface area contributed by atoms with Gasteiger partial charge in [0.05, 0.1) is 19.2 Å². The van der Waals surface area contributed by atoms with Gasteiger partial charge in [0, 0.05) is 0 Å². The van der Waals surface area contributed by atoms with Gasteiger partial charge in [-0.25, -0.2) is 9.59 Å². The number of rotatable bonds is 4. The molecule has 1 aliphatic heterocycles. The summed E-state index contributed by atoms with van der Waals surface area (Å²) in [4.78, 5) is 24.0. The smallest absolute Gasteiger partial charge is 0.410 e. The quantitative estimate of drug-likeness (QED) is 0.574. The molecule has 18 heavy (non-hydrogen) atoms. The summed E-state index contributed by atoms with van der Waals surface area (Å²) < 4.78 is 14.9. The molecule has 0 bridgehead atoms. The maximum atomic E-state index is 11.6. The van der Waals surface area contributed by atoms with Crippen LogP contribution in [-0.4, -0.2) is 54.4 Å². The molecule has 1 saturated heterocycles. The lowest BCUT2D eigenvalue weighted by molar-refractivity contribution is -0.152. The predicted molar refractivity (Wildman–Crippen MR) is 64.4 cm³/mol. The van der Waals surface area contributed by atoms with E-state index in [1.165, 1.54) is 4.90 Å². The first-order valence-electron chi connectivity index (χ1n) is 5.63. The zero-order valence-corrected chi connectivity index (χ0v) is 11.5. The molecule has 1 fully saturated rings. The number of carbonyl (C=O) groups is 2. The van der Waals surface area contributed by atoms with Crippen LogP contribution in [0.15, 0.2) is 0 Å². The van der Waals surface area contributed by atoms with Gasteiger partial charge in [-0.2, -0.15) is 0 Å². The molecule has 104 valence electrons. The van der Waals surface area contributed by atoms with Crippen LogP contribution in [0.3, 0.4) is 0 Å². The Bertz CT molecular complexity index is 309. The Kier molecular flexibility index (Phi) is 5.22. The fraction of sp³-hybridized carbons (Fsp3) is 0.818. The molecule has 0 aromatic heterocycles. The highest BCUT2D eigenvalue weighted by Crippen LogP contribution is 2.16. The number of amides is 1. The van der Waals surface area contributed by atoms with Crippen molar-refractivity contribution >= 4 is 23.7 Å². The van der Waals surface area contributed by atoms with Crippen molar-refractivity contribution in [1.29, 1.82) is 0 Å². The first-order chi connectivity index (χ1) is 8.31. The molecule has 0 saturated carbocycles. The van der Waals surface area contributed by atoms with E-state index in [0.717, 1.165) is 0 Å². The number of ether oxygens (including phenoxy) is 3. The number of hydrogen-bond donors (Lipinski definition) is 0. The van der Waals surface area contributed by atoms with E-state index in [-0.39, 0.29) is 24.9 Å². The van der Waals surface area contributed by atoms with Crippen molar-refractivity contribution in [2.45, 2.75) is 32.5 Å². The van der Waals surface area contributed by atoms with Crippen molar-refractivity contribution in [3.8, 4) is 0 Å². The van der Waals surface area contributed by atoms with Gasteiger partial charge in [0.1, 0.15) is 12.2 Å². The molecule has 0 aromatic rings. The fourth-order valence-corrected chi connectivity index (χ4v) is 1.43. The zero-order chi connectivity index (χ0) is 13.8. The van der Waals surface area contributed by atoms with Crippen LogP contribution in [0.2, 0.25) is 0 Å². The monoisotopic (exact) mass is 279 g/mol. The molecule has 1 heterocycles. The van der Waals surface area contributed by atoms with Gasteiger partial charge in [0.15, 0.2) is 6.07 Å². The molecule has 1 aliphatic rings. The predicted octanol–water partition coefficient (Wildman–Crippen LogP) is 1.36. The number of carbonyl (C=O) groups excluding carboxylic acids is 2. The zero-order valence-electron chi connectivity index (χ0n) is 10.8. The third-order valence-corrected chi connectivity index (χ3v) is 2.26. The maximum Gasteiger partial charge on any atom is 0.410 e. The van der Waals surface area contributed by atoms with Gasteiger partial charge in [-0.05, 0) is 20.8 Å². The van der Waals surface area contributed by atoms with Gasteiger partial charge in [0.25, 0.3) is 0 Å². The average Bonchev–Trinajstić information content (AvgIpc) is 2.12. The van der Waals surface area contributed by atoms with Crippen molar-refractivity contribution in [2.24, 2.45) is 0 Å². The van der Waals surface area contributed by atoms with E-state index in [4.69, 9.17) is 21.1 Å². The summed E-state index contributed by atoms with van der Waals surface area (Å²) in [5, 5.41) is 0. The van der Waals surface area contributed by atoms with E-state index in [2.05, 4.69) is 4.74 Å². The van der Waals surface area contributed by atoms with Crippen LogP contribution in [0.4, 0.5) is 4.79 Å². The average molecular weight is 280 g/mol. The van der Waals surface area contributed by atoms with E-state index in [1.54, 1.807) is 20.8 Å². The van der Waals surface area contributed by atoms with Crippen molar-refractivity contribution in [2.75, 3.05) is 25.8 Å². The molecule has 0 spiro atoms. The Labute approximate surface area is 111 Å². The standard InChI is InChI=1S/C11H18ClNO5/c1-11(2,3)18-10(15)13-4-8(5-13)16-6-9(14)17-7-12/h8H,4-7H2,1-3H3. The topological polar surface area (TPSA) is 65.1 Å². The summed E-state index contributed by atoms with van der Waals surface area (Å²) in [5.74, 6) is -0.513. The Morgan fingerprint density at radius 2 is 1.94 bits per heavy atom. The van der Waals surface area contributed by atoms with Crippen LogP contribution in [0.5, 0.6) is 0 Å². The lowest BCUT2D eigenvalue weighted by atomic mass is 10.2. The summed E-state index contributed by atoms with van der Waals surface area (Å²) in [7, 11) is 0. The largest absolute Gasteiger partial charge is 0.448 e. The second kappa shape index (κ2) is 6.24. The van der Waals surface area contributed by atoms with Crippen LogP contribution in [0.25, 0.3) is 0 Å². The molecule has 1 amide bonds. The van der Waals surface area contributed by atoms with E-state index < -0.39 is 11.6 Å². The Morgan fingerprint density at radius 3 is 2.44 bits per heavy atom. The van der Waals surface area contributed by atoms with Gasteiger partial charge in [0.2, 0.25) is 0 Å². The van der Waals surface area contributed by atoms with Crippen molar-refractivity contribution < 1.29 is 23.8 Å². The Hall–Kier alpha value is -1.01. The molecule has 0 N–H and O–H groups in total. The van der Waals surface area contributed by atoms with E-state index in [9.17, 15) is 9.59 Å². The van der Waals surface area contributed by atoms with Gasteiger partial charge in [-0.1, -0.05) is 11.6 Å². The summed E-state index contributed by atoms with van der Waals surface area (Å²) in [6.45, 7) is 6.11. The summed E-state index contributed by atoms with van der Waals surface area (Å²) in [6.07, 6.45) is -0.522. The number of halogens is 1. The first kappa shape index (κ1) is 15.0. The minimum absolute atomic E-state index is 0.152. The third kappa shape index (κ3) is 5.10. The van der Waals surface area contributed by atoms with E-state index in [1.807, 2.05) is 0 Å². The van der Waals surface area contributed by atoms with E-state index in [0.29, 0.717) is 13.1 Å². The maximum absolute atomic E-state index is 11.6. The SMILES string of the molecule is CC(C)(C)OC(=O)N1CC(OCC(=O)OCCl)C1. The normalized spacial score (nSPS) is 16.1. The number of hydrogen-bond acceptors (Lipinski definition) is 5. The van der Waals surface area contributed by atoms with Crippen LogP contribution >= 0.6 is 11.6 Å². The van der Waals surface area contributed by atoms with Crippen molar-refractivity contribution in [3.05, 3.63) is 0 Å². The Balaban J connectivity index is 2.16. The number of likely N-dealkylation sites (tertiary alicyclic amines) is 1. The van der Waals surface area contributed by atoms with Crippen molar-refractivity contribution in [1.82, 2.24) is 4.90 Å². The van der Waals surface area contributed by atoms with Gasteiger partial charge in [-0.15, -0.1) is 0 Å². The third-order valence-electron chi connectivity index (χ3n) is 2.15. The summed E-state index contributed by atoms with van der Waals surface area (Å²) >= 11 is 5.22. The van der Waals surface area contributed by atoms with Gasteiger partial charge >= 0.3 is 12.1 Å². The summed E-state index contributed by atoms with van der Waals surface area (Å²) in [6, 6.07) is -0.184. The molecular formula is C11H18ClNO5. The molecule has 0 atom stereocenters. The van der Waals surface area contributed by atoms with Gasteiger partial charge in [-0.3, -0.25) is 0 Å². The Morgan fingerprint density at radius 1 is 1.33 bits per heavy atom. The number of alkyl halides is 1. The second-order valence-corrected chi connectivity index (χ2v) is 5.16. The van der Waals surface area contributed by atoms with Gasteiger partial charge < -0.3 is 19.1 Å². The van der Waals surface area contributed by atoms with Crippen LogP contribution in [0.1, 0.15) is 20.8 Å². The first-order valence-corrected chi connectivity index (χ1v) is 6.16. The fourth-order valence-electron chi connectivity index (χ4n) is 1.31. The van der Waals surface area contributed by atoms with Crippen molar-refractivity contribution in [3.63, 3.8) is 0 Å². The minimum atomic E-state index is -0.513. The number of esters is 1. The molecule has 6 nitrogen and oxygen atoms in total. The molecule has 7 heteroatoms. The highest BCUT2D eigenvalue weighted by molar-refractivity contribution is 6.17. The summed E-state index contributed by atoms with van der Waals surface area (Å²) in [5.41, 5.74) is -0.507. The highest BCUT2D eigenvalue weighted by atomic mass is 35.5. The minimum Gasteiger partial charge on any atom is -0.448 e. The lowest BCUT2D eigenvalue weighted by Crippen LogP contribution is -2.56. The van der Waals surface area contributed by atoms with Crippen LogP contribution < -0.4 is 0 Å². The molecule has 0 radical (unpaired) electrons. The lowest BCUT2D eigenvalue weighted by Gasteiger charge is -2.39. The molecule has 0 aromatic carbocycles. The molecule has 0 aliphatic carbocycles. The van der Waals surface area contributed by atoms with Crippen LogP contribution in [-0.2, 0) is 19.0 Å². The molecule has 0 unspecified atom stereocenters. The molecular weight excluding hydrogens is 262 g/mol.